The average Bonchev–Trinajstić information content (AvgIpc) is 2.69. The van der Waals surface area contributed by atoms with Crippen molar-refractivity contribution >= 4 is 0 Å². The van der Waals surface area contributed by atoms with Gasteiger partial charge in [-0.15, -0.1) is 0 Å². The molecule has 2 atom stereocenters. The summed E-state index contributed by atoms with van der Waals surface area (Å²) in [6.07, 6.45) is -0.723. The zero-order chi connectivity index (χ0) is 10.9. The number of nitrogens with zero attached hydrogens (tertiary/aromatic N) is 2. The number of hydrogen-bond acceptors (Lipinski definition) is 2. The molecule has 2 heterocycles. The molecule has 0 radical (unpaired) electrons. The van der Waals surface area contributed by atoms with Crippen LogP contribution in [0.15, 0.2) is 18.5 Å². The molecular weight excluding hydrogens is 207 g/mol. The van der Waals surface area contributed by atoms with Gasteiger partial charge in [0.1, 0.15) is 0 Å². The summed E-state index contributed by atoms with van der Waals surface area (Å²) >= 11 is 0. The molecule has 0 spiro atoms. The quantitative estimate of drug-likeness (QED) is 0.777. The highest BCUT2D eigenvalue weighted by atomic mass is 19.4. The van der Waals surface area contributed by atoms with Gasteiger partial charge in [-0.1, -0.05) is 0 Å². The van der Waals surface area contributed by atoms with Crippen LogP contribution in [-0.2, 0) is 0 Å². The van der Waals surface area contributed by atoms with E-state index in [1.807, 2.05) is 0 Å². The van der Waals surface area contributed by atoms with Crippen molar-refractivity contribution in [1.29, 1.82) is 0 Å². The predicted molar refractivity (Wildman–Crippen MR) is 48.3 cm³/mol. The van der Waals surface area contributed by atoms with E-state index >= 15 is 0 Å². The lowest BCUT2D eigenvalue weighted by Gasteiger charge is -2.31. The van der Waals surface area contributed by atoms with Crippen molar-refractivity contribution in [1.82, 2.24) is 15.1 Å². The normalized spacial score (nSPS) is 27.9. The zero-order valence-electron chi connectivity index (χ0n) is 8.04. The minimum atomic E-state index is -4.11. The summed E-state index contributed by atoms with van der Waals surface area (Å²) < 4.78 is 39.0. The SMILES string of the molecule is FC(F)(F)C1CNCC(n2cccn2)C1. The summed E-state index contributed by atoms with van der Waals surface area (Å²) in [5, 5.41) is 6.76. The number of piperidine rings is 1. The van der Waals surface area contributed by atoms with Gasteiger partial charge in [0.15, 0.2) is 0 Å². The van der Waals surface area contributed by atoms with Crippen molar-refractivity contribution in [2.45, 2.75) is 18.6 Å². The first-order valence-electron chi connectivity index (χ1n) is 4.84. The van der Waals surface area contributed by atoms with Gasteiger partial charge in [0, 0.05) is 25.5 Å². The molecule has 0 amide bonds. The molecule has 1 fully saturated rings. The van der Waals surface area contributed by atoms with E-state index in [1.165, 1.54) is 0 Å². The monoisotopic (exact) mass is 219 g/mol. The van der Waals surface area contributed by atoms with Crippen LogP contribution in [0, 0.1) is 5.92 Å². The summed E-state index contributed by atoms with van der Waals surface area (Å²) in [6.45, 7) is 0.565. The average molecular weight is 219 g/mol. The van der Waals surface area contributed by atoms with E-state index in [9.17, 15) is 13.2 Å². The van der Waals surface area contributed by atoms with Gasteiger partial charge in [0.2, 0.25) is 0 Å². The van der Waals surface area contributed by atoms with Crippen molar-refractivity contribution in [3.05, 3.63) is 18.5 Å². The summed E-state index contributed by atoms with van der Waals surface area (Å²) in [5.41, 5.74) is 0. The maximum absolute atomic E-state index is 12.5. The number of nitrogens with one attached hydrogen (secondary N) is 1. The lowest BCUT2D eigenvalue weighted by molar-refractivity contribution is -0.181. The summed E-state index contributed by atoms with van der Waals surface area (Å²) in [4.78, 5) is 0. The van der Waals surface area contributed by atoms with E-state index in [2.05, 4.69) is 10.4 Å². The molecule has 15 heavy (non-hydrogen) atoms. The second-order valence-electron chi connectivity index (χ2n) is 3.77. The standard InChI is InChI=1S/C9H12F3N3/c10-9(11,12)7-4-8(6-13-5-7)15-3-1-2-14-15/h1-3,7-8,13H,4-6H2. The lowest BCUT2D eigenvalue weighted by atomic mass is 9.95. The molecule has 1 N–H and O–H groups in total. The lowest BCUT2D eigenvalue weighted by Crippen LogP contribution is -2.43. The van der Waals surface area contributed by atoms with Crippen molar-refractivity contribution < 1.29 is 13.2 Å². The van der Waals surface area contributed by atoms with Crippen molar-refractivity contribution in [3.63, 3.8) is 0 Å². The second kappa shape index (κ2) is 3.84. The van der Waals surface area contributed by atoms with Crippen LogP contribution in [0.5, 0.6) is 0 Å². The maximum atomic E-state index is 12.5. The third-order valence-corrected chi connectivity index (χ3v) is 2.69. The van der Waals surface area contributed by atoms with E-state index in [0.29, 0.717) is 6.54 Å². The minimum Gasteiger partial charge on any atom is -0.314 e. The number of aromatic nitrogens is 2. The topological polar surface area (TPSA) is 29.9 Å². The Morgan fingerprint density at radius 1 is 1.33 bits per heavy atom. The molecule has 0 saturated carbocycles. The van der Waals surface area contributed by atoms with Gasteiger partial charge in [-0.3, -0.25) is 4.68 Å². The van der Waals surface area contributed by atoms with E-state index in [1.54, 1.807) is 23.1 Å². The van der Waals surface area contributed by atoms with Gasteiger partial charge in [0.25, 0.3) is 0 Å². The van der Waals surface area contributed by atoms with Crippen molar-refractivity contribution in [2.24, 2.45) is 5.92 Å². The van der Waals surface area contributed by atoms with Gasteiger partial charge >= 0.3 is 6.18 Å². The van der Waals surface area contributed by atoms with E-state index < -0.39 is 12.1 Å². The molecule has 2 rings (SSSR count). The Morgan fingerprint density at radius 2 is 2.13 bits per heavy atom. The Hall–Kier alpha value is -1.04. The molecule has 1 aliphatic rings. The van der Waals surface area contributed by atoms with E-state index in [4.69, 9.17) is 0 Å². The molecule has 1 aliphatic heterocycles. The largest absolute Gasteiger partial charge is 0.393 e. The van der Waals surface area contributed by atoms with Crippen LogP contribution in [0.4, 0.5) is 13.2 Å². The highest BCUT2D eigenvalue weighted by Crippen LogP contribution is 2.33. The first-order valence-corrected chi connectivity index (χ1v) is 4.84. The van der Waals surface area contributed by atoms with E-state index in [-0.39, 0.29) is 19.0 Å². The fourth-order valence-corrected chi connectivity index (χ4v) is 1.87. The number of rotatable bonds is 1. The Morgan fingerprint density at radius 3 is 2.73 bits per heavy atom. The Balaban J connectivity index is 2.05. The third kappa shape index (κ3) is 2.31. The van der Waals surface area contributed by atoms with Gasteiger partial charge in [0.05, 0.1) is 12.0 Å². The molecular formula is C9H12F3N3. The van der Waals surface area contributed by atoms with Gasteiger partial charge < -0.3 is 5.32 Å². The fraction of sp³-hybridized carbons (Fsp3) is 0.667. The Labute approximate surface area is 85.3 Å². The van der Waals surface area contributed by atoms with Crippen LogP contribution < -0.4 is 5.32 Å². The second-order valence-corrected chi connectivity index (χ2v) is 3.77. The molecule has 0 aliphatic carbocycles. The van der Waals surface area contributed by atoms with Crippen LogP contribution in [0.1, 0.15) is 12.5 Å². The highest BCUT2D eigenvalue weighted by Gasteiger charge is 2.42. The predicted octanol–water partition coefficient (Wildman–Crippen LogP) is 1.60. The maximum Gasteiger partial charge on any atom is 0.393 e. The van der Waals surface area contributed by atoms with Crippen LogP contribution >= 0.6 is 0 Å². The first-order chi connectivity index (χ1) is 7.07. The third-order valence-electron chi connectivity index (χ3n) is 2.69. The molecule has 1 aromatic rings. The molecule has 0 aromatic carbocycles. The molecule has 84 valence electrons. The smallest absolute Gasteiger partial charge is 0.314 e. The summed E-state index contributed by atoms with van der Waals surface area (Å²) in [7, 11) is 0. The molecule has 6 heteroatoms. The molecule has 1 saturated heterocycles. The van der Waals surface area contributed by atoms with Crippen LogP contribution in [0.3, 0.4) is 0 Å². The fourth-order valence-electron chi connectivity index (χ4n) is 1.87. The molecule has 0 bridgehead atoms. The highest BCUT2D eigenvalue weighted by molar-refractivity contribution is 4.87. The minimum absolute atomic E-state index is 0.0151. The number of hydrogen-bond donors (Lipinski definition) is 1. The summed E-state index contributed by atoms with van der Waals surface area (Å²) in [5.74, 6) is -1.26. The Kier molecular flexibility index (Phi) is 2.68. The Bertz CT molecular complexity index is 307. The van der Waals surface area contributed by atoms with Crippen LogP contribution in [0.25, 0.3) is 0 Å². The first kappa shape index (κ1) is 10.5. The van der Waals surface area contributed by atoms with Crippen LogP contribution in [-0.4, -0.2) is 29.0 Å². The van der Waals surface area contributed by atoms with Gasteiger partial charge in [-0.2, -0.15) is 18.3 Å². The molecule has 2 unspecified atom stereocenters. The van der Waals surface area contributed by atoms with Gasteiger partial charge in [-0.25, -0.2) is 0 Å². The number of halogens is 3. The van der Waals surface area contributed by atoms with Gasteiger partial charge in [-0.05, 0) is 12.5 Å². The van der Waals surface area contributed by atoms with Crippen molar-refractivity contribution in [2.75, 3.05) is 13.1 Å². The summed E-state index contributed by atoms with van der Waals surface area (Å²) in [6, 6.07) is 1.53. The van der Waals surface area contributed by atoms with E-state index in [0.717, 1.165) is 0 Å². The zero-order valence-corrected chi connectivity index (χ0v) is 8.04. The number of alkyl halides is 3. The van der Waals surface area contributed by atoms with Crippen molar-refractivity contribution in [3.8, 4) is 0 Å². The van der Waals surface area contributed by atoms with Crippen LogP contribution in [0.2, 0.25) is 0 Å². The molecule has 1 aromatic heterocycles. The molecule has 3 nitrogen and oxygen atoms in total.